The maximum atomic E-state index is 10.6. The quantitative estimate of drug-likeness (QED) is 0.213. The van der Waals surface area contributed by atoms with E-state index in [2.05, 4.69) is 33.1 Å². The number of rotatable bonds is 9. The van der Waals surface area contributed by atoms with Crippen LogP contribution < -0.4 is 0 Å². The summed E-state index contributed by atoms with van der Waals surface area (Å²) in [5, 5.41) is 10.6. The molecule has 0 fully saturated rings. The number of aromatic hydroxyl groups is 1. The van der Waals surface area contributed by atoms with Gasteiger partial charge in [0.05, 0.1) is 40.2 Å². The summed E-state index contributed by atoms with van der Waals surface area (Å²) in [5.74, 6) is 0.191. The van der Waals surface area contributed by atoms with Gasteiger partial charge in [0.2, 0.25) is 0 Å². The minimum Gasteiger partial charge on any atom is -0.507 e. The van der Waals surface area contributed by atoms with E-state index < -0.39 is 0 Å². The Labute approximate surface area is 239 Å². The average molecular weight is 536 g/mol. The summed E-state index contributed by atoms with van der Waals surface area (Å²) in [6.07, 6.45) is 3.63. The minimum atomic E-state index is -0.325. The van der Waals surface area contributed by atoms with Gasteiger partial charge in [-0.05, 0) is 60.7 Å². The number of pyridine rings is 4. The van der Waals surface area contributed by atoms with Gasteiger partial charge in [0.1, 0.15) is 5.75 Å². The second-order valence-electron chi connectivity index (χ2n) is 9.73. The SMILES string of the molecule is Oc1ccccc1-c1cccc([C@@H](c2cccc(-c3ccccc3)n2)N(Cc2ccccn2)Cc2ccccn2)n1. The van der Waals surface area contributed by atoms with Crippen molar-refractivity contribution in [2.75, 3.05) is 0 Å². The monoisotopic (exact) mass is 535 g/mol. The summed E-state index contributed by atoms with van der Waals surface area (Å²) in [4.78, 5) is 21.9. The molecule has 1 atom stereocenters. The fraction of sp³-hybridized carbons (Fsp3) is 0.0857. The van der Waals surface area contributed by atoms with Gasteiger partial charge >= 0.3 is 0 Å². The molecule has 0 aliphatic heterocycles. The van der Waals surface area contributed by atoms with Crippen LogP contribution in [0.25, 0.3) is 22.5 Å². The van der Waals surface area contributed by atoms with Crippen molar-refractivity contribution in [3.05, 3.63) is 163 Å². The predicted molar refractivity (Wildman–Crippen MR) is 161 cm³/mol. The normalized spacial score (nSPS) is 11.8. The zero-order valence-corrected chi connectivity index (χ0v) is 22.5. The molecule has 0 saturated heterocycles. The van der Waals surface area contributed by atoms with Crippen molar-refractivity contribution >= 4 is 0 Å². The molecular weight excluding hydrogens is 506 g/mol. The van der Waals surface area contributed by atoms with Crippen LogP contribution >= 0.6 is 0 Å². The molecule has 0 bridgehead atoms. The van der Waals surface area contributed by atoms with Crippen molar-refractivity contribution in [2.24, 2.45) is 0 Å². The fourth-order valence-electron chi connectivity index (χ4n) is 4.98. The van der Waals surface area contributed by atoms with Crippen molar-refractivity contribution in [1.82, 2.24) is 24.8 Å². The lowest BCUT2D eigenvalue weighted by atomic mass is 10.0. The highest BCUT2D eigenvalue weighted by atomic mass is 16.3. The standard InChI is InChI=1S/C35H29N5O/c41-34-21-5-4-16-29(34)31-18-11-20-33(39-31)35(32-19-10-17-30(38-32)26-12-2-1-3-13-26)40(24-27-14-6-8-22-36-27)25-28-15-7-9-23-37-28/h1-23,35,41H,24-25H2/t35-/m1/s1. The molecule has 0 amide bonds. The lowest BCUT2D eigenvalue weighted by Crippen LogP contribution is -2.31. The van der Waals surface area contributed by atoms with Crippen LogP contribution in [0.1, 0.15) is 28.8 Å². The highest BCUT2D eigenvalue weighted by Gasteiger charge is 2.27. The van der Waals surface area contributed by atoms with E-state index in [0.29, 0.717) is 24.3 Å². The molecule has 2 aromatic carbocycles. The Bertz CT molecular complexity index is 1670. The van der Waals surface area contributed by atoms with Crippen molar-refractivity contribution < 1.29 is 5.11 Å². The van der Waals surface area contributed by atoms with Crippen LogP contribution in [0.3, 0.4) is 0 Å². The molecule has 0 aliphatic carbocycles. The molecule has 4 heterocycles. The largest absolute Gasteiger partial charge is 0.507 e. The number of nitrogens with zero attached hydrogens (tertiary/aromatic N) is 5. The molecule has 0 radical (unpaired) electrons. The van der Waals surface area contributed by atoms with E-state index in [-0.39, 0.29) is 11.8 Å². The summed E-state index contributed by atoms with van der Waals surface area (Å²) in [7, 11) is 0. The molecule has 1 N–H and O–H groups in total. The highest BCUT2D eigenvalue weighted by molar-refractivity contribution is 5.66. The smallest absolute Gasteiger partial charge is 0.124 e. The lowest BCUT2D eigenvalue weighted by molar-refractivity contribution is 0.195. The average Bonchev–Trinajstić information content (AvgIpc) is 3.03. The van der Waals surface area contributed by atoms with Gasteiger partial charge in [-0.15, -0.1) is 0 Å². The minimum absolute atomic E-state index is 0.191. The van der Waals surface area contributed by atoms with Gasteiger partial charge in [0.15, 0.2) is 0 Å². The summed E-state index contributed by atoms with van der Waals surface area (Å²) < 4.78 is 0. The van der Waals surface area contributed by atoms with Crippen LogP contribution in [-0.2, 0) is 13.1 Å². The maximum absolute atomic E-state index is 10.6. The molecule has 6 nitrogen and oxygen atoms in total. The zero-order valence-electron chi connectivity index (χ0n) is 22.5. The second-order valence-corrected chi connectivity index (χ2v) is 9.73. The van der Waals surface area contributed by atoms with Crippen molar-refractivity contribution in [3.63, 3.8) is 0 Å². The Kier molecular flexibility index (Phi) is 7.83. The van der Waals surface area contributed by atoms with E-state index >= 15 is 0 Å². The highest BCUT2D eigenvalue weighted by Crippen LogP contribution is 2.33. The molecular formula is C35H29N5O. The Hall–Kier alpha value is -5.20. The van der Waals surface area contributed by atoms with Gasteiger partial charge in [0, 0.05) is 36.6 Å². The van der Waals surface area contributed by atoms with Gasteiger partial charge in [-0.25, -0.2) is 0 Å². The van der Waals surface area contributed by atoms with Gasteiger partial charge in [0.25, 0.3) is 0 Å². The first kappa shape index (κ1) is 26.0. The van der Waals surface area contributed by atoms with Gasteiger partial charge < -0.3 is 5.11 Å². The number of phenols is 1. The van der Waals surface area contributed by atoms with Crippen LogP contribution in [-0.4, -0.2) is 29.9 Å². The predicted octanol–water partition coefficient (Wildman–Crippen LogP) is 7.10. The summed E-state index contributed by atoms with van der Waals surface area (Å²) in [6.45, 7) is 1.11. The Morgan fingerprint density at radius 2 is 1.10 bits per heavy atom. The fourth-order valence-corrected chi connectivity index (χ4v) is 4.98. The first-order valence-electron chi connectivity index (χ1n) is 13.6. The topological polar surface area (TPSA) is 75.0 Å². The first-order valence-corrected chi connectivity index (χ1v) is 13.6. The van der Waals surface area contributed by atoms with Crippen LogP contribution in [0, 0.1) is 0 Å². The first-order chi connectivity index (χ1) is 20.2. The van der Waals surface area contributed by atoms with E-state index in [1.165, 1.54) is 0 Å². The van der Waals surface area contributed by atoms with Gasteiger partial charge in [-0.1, -0.05) is 66.7 Å². The van der Waals surface area contributed by atoms with E-state index in [4.69, 9.17) is 9.97 Å². The van der Waals surface area contributed by atoms with E-state index in [0.717, 1.165) is 34.0 Å². The lowest BCUT2D eigenvalue weighted by Gasteiger charge is -2.31. The molecule has 6 aromatic rings. The van der Waals surface area contributed by atoms with E-state index in [1.54, 1.807) is 6.07 Å². The van der Waals surface area contributed by atoms with Crippen LogP contribution in [0.15, 0.2) is 140 Å². The Balaban J connectivity index is 1.50. The zero-order chi connectivity index (χ0) is 27.9. The van der Waals surface area contributed by atoms with Gasteiger partial charge in [-0.2, -0.15) is 0 Å². The number of aromatic nitrogens is 4. The van der Waals surface area contributed by atoms with Crippen LogP contribution in [0.4, 0.5) is 0 Å². The number of phenolic OH excluding ortho intramolecular Hbond substituents is 1. The second kappa shape index (κ2) is 12.3. The molecule has 0 spiro atoms. The molecule has 0 aliphatic rings. The molecule has 41 heavy (non-hydrogen) atoms. The van der Waals surface area contributed by atoms with Crippen molar-refractivity contribution in [3.8, 4) is 28.3 Å². The Morgan fingerprint density at radius 1 is 0.537 bits per heavy atom. The number of hydrogen-bond donors (Lipinski definition) is 1. The van der Waals surface area contributed by atoms with Crippen LogP contribution in [0.5, 0.6) is 5.75 Å². The van der Waals surface area contributed by atoms with E-state index in [1.807, 2.05) is 116 Å². The molecule has 0 saturated carbocycles. The third-order valence-electron chi connectivity index (χ3n) is 6.90. The molecule has 4 aromatic heterocycles. The van der Waals surface area contributed by atoms with Crippen LogP contribution in [0.2, 0.25) is 0 Å². The Morgan fingerprint density at radius 3 is 1.71 bits per heavy atom. The third-order valence-corrected chi connectivity index (χ3v) is 6.90. The maximum Gasteiger partial charge on any atom is 0.124 e. The number of para-hydroxylation sites is 1. The molecule has 6 heteroatoms. The molecule has 200 valence electrons. The molecule has 6 rings (SSSR count). The molecule has 0 unspecified atom stereocenters. The third kappa shape index (κ3) is 6.19. The van der Waals surface area contributed by atoms with Crippen molar-refractivity contribution in [2.45, 2.75) is 19.1 Å². The number of hydrogen-bond acceptors (Lipinski definition) is 6. The number of benzene rings is 2. The van der Waals surface area contributed by atoms with Gasteiger partial charge in [-0.3, -0.25) is 24.8 Å². The van der Waals surface area contributed by atoms with Crippen molar-refractivity contribution in [1.29, 1.82) is 0 Å². The van der Waals surface area contributed by atoms with E-state index in [9.17, 15) is 5.11 Å². The summed E-state index contributed by atoms with van der Waals surface area (Å²) in [6, 6.07) is 41.1. The summed E-state index contributed by atoms with van der Waals surface area (Å²) in [5.41, 5.74) is 6.86. The summed E-state index contributed by atoms with van der Waals surface area (Å²) >= 11 is 0.